The van der Waals surface area contributed by atoms with Gasteiger partial charge in [0.15, 0.2) is 0 Å². The van der Waals surface area contributed by atoms with Gasteiger partial charge in [-0.05, 0) is 36.9 Å². The van der Waals surface area contributed by atoms with Gasteiger partial charge in [0.25, 0.3) is 0 Å². The Balaban J connectivity index is 2.86. The minimum atomic E-state index is -0.425. The molecule has 0 fully saturated rings. The van der Waals surface area contributed by atoms with Crippen molar-refractivity contribution in [1.82, 2.24) is 0 Å². The van der Waals surface area contributed by atoms with E-state index in [1.54, 1.807) is 7.11 Å². The van der Waals surface area contributed by atoms with Crippen molar-refractivity contribution in [2.24, 2.45) is 17.6 Å². The molecule has 0 aromatic heterocycles. The van der Waals surface area contributed by atoms with Crippen LogP contribution in [0.5, 0.6) is 5.75 Å². The SMILES string of the molecule is COc1ccc(C)cc1CC(O)C(CN)C(C)C. The summed E-state index contributed by atoms with van der Waals surface area (Å²) in [5, 5.41) is 10.3. The highest BCUT2D eigenvalue weighted by atomic mass is 16.5. The quantitative estimate of drug-likeness (QED) is 0.814. The molecule has 18 heavy (non-hydrogen) atoms. The number of hydrogen-bond acceptors (Lipinski definition) is 3. The Morgan fingerprint density at radius 1 is 1.33 bits per heavy atom. The highest BCUT2D eigenvalue weighted by molar-refractivity contribution is 5.37. The molecule has 0 aliphatic carbocycles. The van der Waals surface area contributed by atoms with Crippen LogP contribution in [-0.2, 0) is 6.42 Å². The zero-order chi connectivity index (χ0) is 13.7. The van der Waals surface area contributed by atoms with Gasteiger partial charge in [0.2, 0.25) is 0 Å². The third kappa shape index (κ3) is 3.72. The molecule has 0 bridgehead atoms. The van der Waals surface area contributed by atoms with Crippen LogP contribution >= 0.6 is 0 Å². The number of methoxy groups -OCH3 is 1. The van der Waals surface area contributed by atoms with Crippen LogP contribution in [0.4, 0.5) is 0 Å². The Labute approximate surface area is 110 Å². The van der Waals surface area contributed by atoms with Gasteiger partial charge in [-0.1, -0.05) is 31.5 Å². The maximum absolute atomic E-state index is 10.3. The number of ether oxygens (including phenoxy) is 1. The molecule has 0 aliphatic rings. The minimum Gasteiger partial charge on any atom is -0.496 e. The predicted molar refractivity (Wildman–Crippen MR) is 74.8 cm³/mol. The average Bonchev–Trinajstić information content (AvgIpc) is 2.29. The van der Waals surface area contributed by atoms with Crippen molar-refractivity contribution in [3.63, 3.8) is 0 Å². The van der Waals surface area contributed by atoms with E-state index in [0.717, 1.165) is 11.3 Å². The summed E-state index contributed by atoms with van der Waals surface area (Å²) < 4.78 is 5.33. The molecular formula is C15H25NO2. The van der Waals surface area contributed by atoms with Crippen molar-refractivity contribution in [2.45, 2.75) is 33.3 Å². The van der Waals surface area contributed by atoms with Gasteiger partial charge in [-0.2, -0.15) is 0 Å². The molecule has 0 saturated heterocycles. The van der Waals surface area contributed by atoms with Crippen molar-refractivity contribution in [3.8, 4) is 5.75 Å². The molecule has 1 aromatic rings. The standard InChI is InChI=1S/C15H25NO2/c1-10(2)13(9-16)14(17)8-12-7-11(3)5-6-15(12)18-4/h5-7,10,13-14,17H,8-9,16H2,1-4H3. The van der Waals surface area contributed by atoms with Crippen molar-refractivity contribution in [3.05, 3.63) is 29.3 Å². The average molecular weight is 251 g/mol. The number of hydrogen-bond donors (Lipinski definition) is 2. The Kier molecular flexibility index (Phi) is 5.63. The number of aliphatic hydroxyl groups is 1. The summed E-state index contributed by atoms with van der Waals surface area (Å²) in [6.07, 6.45) is 0.163. The lowest BCUT2D eigenvalue weighted by atomic mass is 9.87. The van der Waals surface area contributed by atoms with Gasteiger partial charge in [-0.3, -0.25) is 0 Å². The molecule has 2 unspecified atom stereocenters. The molecule has 3 nitrogen and oxygen atoms in total. The molecule has 102 valence electrons. The van der Waals surface area contributed by atoms with Crippen LogP contribution < -0.4 is 10.5 Å². The second kappa shape index (κ2) is 6.76. The molecular weight excluding hydrogens is 226 g/mol. The summed E-state index contributed by atoms with van der Waals surface area (Å²) in [6.45, 7) is 6.73. The first-order chi connectivity index (χ1) is 8.49. The van der Waals surface area contributed by atoms with E-state index in [2.05, 4.69) is 19.9 Å². The molecule has 2 atom stereocenters. The molecule has 3 heteroatoms. The van der Waals surface area contributed by atoms with Crippen LogP contribution in [0.15, 0.2) is 18.2 Å². The Bertz CT molecular complexity index is 377. The number of aliphatic hydroxyl groups excluding tert-OH is 1. The third-order valence-corrected chi connectivity index (χ3v) is 3.49. The number of rotatable bonds is 6. The Morgan fingerprint density at radius 2 is 2.00 bits per heavy atom. The fraction of sp³-hybridized carbons (Fsp3) is 0.600. The summed E-state index contributed by atoms with van der Waals surface area (Å²) >= 11 is 0. The number of nitrogens with two attached hydrogens (primary N) is 1. The first-order valence-corrected chi connectivity index (χ1v) is 6.51. The molecule has 0 amide bonds. The van der Waals surface area contributed by atoms with Gasteiger partial charge < -0.3 is 15.6 Å². The number of benzene rings is 1. The molecule has 0 aliphatic heterocycles. The van der Waals surface area contributed by atoms with Crippen molar-refractivity contribution >= 4 is 0 Å². The summed E-state index contributed by atoms with van der Waals surface area (Å²) in [5.74, 6) is 1.33. The zero-order valence-electron chi connectivity index (χ0n) is 11.8. The third-order valence-electron chi connectivity index (χ3n) is 3.49. The highest BCUT2D eigenvalue weighted by Crippen LogP contribution is 2.24. The molecule has 0 saturated carbocycles. The van der Waals surface area contributed by atoms with E-state index in [4.69, 9.17) is 10.5 Å². The van der Waals surface area contributed by atoms with Gasteiger partial charge in [-0.25, -0.2) is 0 Å². The summed E-state index contributed by atoms with van der Waals surface area (Å²) in [5.41, 5.74) is 7.96. The second-order valence-electron chi connectivity index (χ2n) is 5.23. The monoisotopic (exact) mass is 251 g/mol. The minimum absolute atomic E-state index is 0.121. The van der Waals surface area contributed by atoms with E-state index >= 15 is 0 Å². The van der Waals surface area contributed by atoms with Gasteiger partial charge >= 0.3 is 0 Å². The first kappa shape index (κ1) is 15.0. The maximum Gasteiger partial charge on any atom is 0.122 e. The Hall–Kier alpha value is -1.06. The van der Waals surface area contributed by atoms with Gasteiger partial charge in [0.1, 0.15) is 5.75 Å². The fourth-order valence-electron chi connectivity index (χ4n) is 2.32. The van der Waals surface area contributed by atoms with E-state index in [0.29, 0.717) is 18.9 Å². The van der Waals surface area contributed by atoms with E-state index in [1.165, 1.54) is 5.56 Å². The molecule has 0 heterocycles. The summed E-state index contributed by atoms with van der Waals surface area (Å²) in [6, 6.07) is 6.03. The van der Waals surface area contributed by atoms with E-state index < -0.39 is 6.10 Å². The van der Waals surface area contributed by atoms with Crippen LogP contribution in [0.3, 0.4) is 0 Å². The fourth-order valence-corrected chi connectivity index (χ4v) is 2.32. The van der Waals surface area contributed by atoms with Crippen LogP contribution in [0.2, 0.25) is 0 Å². The first-order valence-electron chi connectivity index (χ1n) is 6.51. The van der Waals surface area contributed by atoms with E-state index in [-0.39, 0.29) is 5.92 Å². The van der Waals surface area contributed by atoms with E-state index in [9.17, 15) is 5.11 Å². The highest BCUT2D eigenvalue weighted by Gasteiger charge is 2.22. The van der Waals surface area contributed by atoms with Crippen LogP contribution in [0.25, 0.3) is 0 Å². The molecule has 0 spiro atoms. The van der Waals surface area contributed by atoms with Crippen molar-refractivity contribution in [1.29, 1.82) is 0 Å². The van der Waals surface area contributed by atoms with Crippen molar-refractivity contribution < 1.29 is 9.84 Å². The number of aryl methyl sites for hydroxylation is 1. The summed E-state index contributed by atoms with van der Waals surface area (Å²) in [7, 11) is 1.66. The van der Waals surface area contributed by atoms with Gasteiger partial charge in [0.05, 0.1) is 13.2 Å². The van der Waals surface area contributed by atoms with Crippen LogP contribution in [-0.4, -0.2) is 24.9 Å². The lowest BCUT2D eigenvalue weighted by molar-refractivity contribution is 0.0857. The van der Waals surface area contributed by atoms with Crippen LogP contribution in [0, 0.1) is 18.8 Å². The molecule has 0 radical (unpaired) electrons. The van der Waals surface area contributed by atoms with Crippen molar-refractivity contribution in [2.75, 3.05) is 13.7 Å². The van der Waals surface area contributed by atoms with E-state index in [1.807, 2.05) is 19.1 Å². The van der Waals surface area contributed by atoms with Crippen LogP contribution in [0.1, 0.15) is 25.0 Å². The maximum atomic E-state index is 10.3. The molecule has 1 rings (SSSR count). The molecule has 1 aromatic carbocycles. The van der Waals surface area contributed by atoms with Gasteiger partial charge in [0, 0.05) is 6.42 Å². The van der Waals surface area contributed by atoms with Gasteiger partial charge in [-0.15, -0.1) is 0 Å². The lowest BCUT2D eigenvalue weighted by Gasteiger charge is -2.25. The zero-order valence-corrected chi connectivity index (χ0v) is 11.8. The normalized spacial score (nSPS) is 14.6. The lowest BCUT2D eigenvalue weighted by Crippen LogP contribution is -2.33. The predicted octanol–water partition coefficient (Wildman–Crippen LogP) is 2.14. The summed E-state index contributed by atoms with van der Waals surface area (Å²) in [4.78, 5) is 0. The smallest absolute Gasteiger partial charge is 0.122 e. The molecule has 3 N–H and O–H groups in total. The second-order valence-corrected chi connectivity index (χ2v) is 5.23. The topological polar surface area (TPSA) is 55.5 Å². The Morgan fingerprint density at radius 3 is 2.50 bits per heavy atom. The largest absolute Gasteiger partial charge is 0.496 e.